The molecular weight excluding hydrogens is 337 g/mol. The SMILES string of the molecule is Oc1c2[n+](nn1-c1ccc(C(F)(F)F)cc1)-c1ccccc1NC2.[OH-]. The number of para-hydroxylation sites is 2. The van der Waals surface area contributed by atoms with Crippen LogP contribution in [0.3, 0.4) is 0 Å². The Kier molecular flexibility index (Phi) is 3.88. The van der Waals surface area contributed by atoms with E-state index in [0.717, 1.165) is 23.5 Å². The third-order valence-corrected chi connectivity index (χ3v) is 3.91. The Hall–Kier alpha value is -3.07. The molecular formula is C16H13F3N4O2. The summed E-state index contributed by atoms with van der Waals surface area (Å²) in [6.45, 7) is 0.365. The Bertz CT molecular complexity index is 920. The maximum Gasteiger partial charge on any atom is 0.416 e. The molecule has 0 atom stereocenters. The maximum atomic E-state index is 12.7. The summed E-state index contributed by atoms with van der Waals surface area (Å²) in [5.74, 6) is -0.114. The second kappa shape index (κ2) is 5.78. The van der Waals surface area contributed by atoms with Crippen LogP contribution >= 0.6 is 0 Å². The molecule has 3 N–H and O–H groups in total. The fourth-order valence-corrected chi connectivity index (χ4v) is 2.70. The predicted octanol–water partition coefficient (Wildman–Crippen LogP) is 2.62. The molecule has 4 rings (SSSR count). The van der Waals surface area contributed by atoms with Gasteiger partial charge in [-0.05, 0) is 36.4 Å². The quantitative estimate of drug-likeness (QED) is 0.661. The van der Waals surface area contributed by atoms with Gasteiger partial charge >= 0.3 is 12.1 Å². The number of fused-ring (bicyclic) bond motifs is 3. The standard InChI is InChI=1S/C16H11F3N4O.H2O/c17-16(18,19)10-5-7-11(8-6-10)22-15(24)14-9-20-12-3-1-2-4-13(12)23(14)21-22;/h1-8H,9H2,(H-,20,21,24);1H2. The molecule has 6 nitrogen and oxygen atoms in total. The Morgan fingerprint density at radius 2 is 1.76 bits per heavy atom. The van der Waals surface area contributed by atoms with Gasteiger partial charge in [-0.3, -0.25) is 0 Å². The number of hydrogen-bond acceptors (Lipinski definition) is 4. The second-order valence-electron chi connectivity index (χ2n) is 5.40. The van der Waals surface area contributed by atoms with E-state index >= 15 is 0 Å². The highest BCUT2D eigenvalue weighted by atomic mass is 19.4. The van der Waals surface area contributed by atoms with E-state index in [9.17, 15) is 18.3 Å². The van der Waals surface area contributed by atoms with E-state index in [1.54, 1.807) is 4.68 Å². The molecule has 0 aliphatic carbocycles. The average molecular weight is 350 g/mol. The van der Waals surface area contributed by atoms with E-state index in [0.29, 0.717) is 17.9 Å². The van der Waals surface area contributed by atoms with E-state index in [1.807, 2.05) is 24.3 Å². The van der Waals surface area contributed by atoms with Crippen LogP contribution in [0.2, 0.25) is 0 Å². The molecule has 2 aromatic carbocycles. The zero-order chi connectivity index (χ0) is 16.9. The molecule has 3 aromatic rings. The Labute approximate surface area is 140 Å². The third kappa shape index (κ3) is 2.68. The van der Waals surface area contributed by atoms with E-state index in [-0.39, 0.29) is 11.4 Å². The van der Waals surface area contributed by atoms with Gasteiger partial charge < -0.3 is 15.9 Å². The Morgan fingerprint density at radius 3 is 2.44 bits per heavy atom. The van der Waals surface area contributed by atoms with Crippen LogP contribution in [0.4, 0.5) is 18.9 Å². The van der Waals surface area contributed by atoms with Crippen molar-refractivity contribution in [3.05, 3.63) is 59.8 Å². The average Bonchev–Trinajstić information content (AvgIpc) is 2.92. The van der Waals surface area contributed by atoms with Crippen molar-refractivity contribution in [1.82, 2.24) is 9.90 Å². The van der Waals surface area contributed by atoms with Crippen LogP contribution in [0, 0.1) is 0 Å². The molecule has 0 bridgehead atoms. The second-order valence-corrected chi connectivity index (χ2v) is 5.40. The van der Waals surface area contributed by atoms with Gasteiger partial charge in [0.1, 0.15) is 5.21 Å². The monoisotopic (exact) mass is 350 g/mol. The number of nitrogens with one attached hydrogen (secondary N) is 1. The first-order chi connectivity index (χ1) is 11.4. The molecule has 0 saturated heterocycles. The van der Waals surface area contributed by atoms with Crippen molar-refractivity contribution in [2.24, 2.45) is 0 Å². The highest BCUT2D eigenvalue weighted by Crippen LogP contribution is 2.31. The van der Waals surface area contributed by atoms with Gasteiger partial charge in [0.25, 0.3) is 0 Å². The van der Waals surface area contributed by atoms with Crippen molar-refractivity contribution in [3.63, 3.8) is 0 Å². The maximum absolute atomic E-state index is 12.7. The van der Waals surface area contributed by atoms with Crippen LogP contribution in [0.25, 0.3) is 11.4 Å². The van der Waals surface area contributed by atoms with Crippen LogP contribution < -0.4 is 10.00 Å². The van der Waals surface area contributed by atoms with E-state index in [2.05, 4.69) is 10.5 Å². The summed E-state index contributed by atoms with van der Waals surface area (Å²) in [6, 6.07) is 11.9. The lowest BCUT2D eigenvalue weighted by Crippen LogP contribution is -2.42. The predicted molar refractivity (Wildman–Crippen MR) is 81.0 cm³/mol. The summed E-state index contributed by atoms with van der Waals surface area (Å²) in [5.41, 5.74) is 1.77. The fraction of sp³-hybridized carbons (Fsp3) is 0.125. The molecule has 0 saturated carbocycles. The van der Waals surface area contributed by atoms with E-state index in [1.165, 1.54) is 16.8 Å². The van der Waals surface area contributed by atoms with Crippen LogP contribution in [-0.2, 0) is 12.7 Å². The summed E-state index contributed by atoms with van der Waals surface area (Å²) in [4.78, 5) is 0. The number of anilines is 1. The molecule has 2 heterocycles. The van der Waals surface area contributed by atoms with E-state index in [4.69, 9.17) is 0 Å². The van der Waals surface area contributed by atoms with Crippen molar-refractivity contribution in [1.29, 1.82) is 0 Å². The highest BCUT2D eigenvalue weighted by molar-refractivity contribution is 5.58. The molecule has 0 radical (unpaired) electrons. The smallest absolute Gasteiger partial charge is 0.416 e. The molecule has 1 aliphatic heterocycles. The van der Waals surface area contributed by atoms with Gasteiger partial charge in [0.15, 0.2) is 11.4 Å². The molecule has 0 amide bonds. The lowest BCUT2D eigenvalue weighted by atomic mass is 10.2. The molecule has 25 heavy (non-hydrogen) atoms. The molecule has 0 fully saturated rings. The largest absolute Gasteiger partial charge is 0.870 e. The normalized spacial score (nSPS) is 12.6. The molecule has 1 aromatic heterocycles. The minimum atomic E-state index is -4.40. The summed E-state index contributed by atoms with van der Waals surface area (Å²) >= 11 is 0. The zero-order valence-electron chi connectivity index (χ0n) is 12.7. The van der Waals surface area contributed by atoms with Crippen LogP contribution in [0.5, 0.6) is 5.88 Å². The molecule has 9 heteroatoms. The van der Waals surface area contributed by atoms with Crippen LogP contribution in [-0.4, -0.2) is 20.5 Å². The minimum absolute atomic E-state index is 0. The number of halogens is 3. The van der Waals surface area contributed by atoms with E-state index < -0.39 is 11.7 Å². The van der Waals surface area contributed by atoms with Crippen LogP contribution in [0.1, 0.15) is 11.3 Å². The van der Waals surface area contributed by atoms with Gasteiger partial charge in [-0.1, -0.05) is 21.5 Å². The number of rotatable bonds is 1. The molecule has 1 aliphatic rings. The lowest BCUT2D eigenvalue weighted by molar-refractivity contribution is -0.668. The van der Waals surface area contributed by atoms with Crippen LogP contribution in [0.15, 0.2) is 48.5 Å². The van der Waals surface area contributed by atoms with Crippen molar-refractivity contribution >= 4 is 5.69 Å². The molecule has 0 unspecified atom stereocenters. The van der Waals surface area contributed by atoms with Gasteiger partial charge in [0.05, 0.1) is 17.8 Å². The molecule has 0 spiro atoms. The Morgan fingerprint density at radius 1 is 1.08 bits per heavy atom. The van der Waals surface area contributed by atoms with Gasteiger partial charge in [-0.25, -0.2) is 0 Å². The van der Waals surface area contributed by atoms with Crippen molar-refractivity contribution in [2.75, 3.05) is 5.32 Å². The minimum Gasteiger partial charge on any atom is -0.870 e. The topological polar surface area (TPSA) is 84.0 Å². The summed E-state index contributed by atoms with van der Waals surface area (Å²) in [5, 5.41) is 17.9. The number of aromatic nitrogens is 3. The van der Waals surface area contributed by atoms with Gasteiger partial charge in [-0.15, -0.1) is 0 Å². The third-order valence-electron chi connectivity index (χ3n) is 3.91. The highest BCUT2D eigenvalue weighted by Gasteiger charge is 2.33. The van der Waals surface area contributed by atoms with Crippen molar-refractivity contribution < 1.29 is 28.4 Å². The number of hydrogen-bond donors (Lipinski definition) is 2. The van der Waals surface area contributed by atoms with Crippen molar-refractivity contribution in [3.8, 4) is 17.3 Å². The summed E-state index contributed by atoms with van der Waals surface area (Å²) in [6.07, 6.45) is -4.40. The first-order valence-corrected chi connectivity index (χ1v) is 7.19. The first-order valence-electron chi connectivity index (χ1n) is 7.19. The molecule has 130 valence electrons. The zero-order valence-corrected chi connectivity index (χ0v) is 12.7. The van der Waals surface area contributed by atoms with Gasteiger partial charge in [0.2, 0.25) is 5.69 Å². The number of aromatic hydroxyl groups is 1. The number of benzene rings is 2. The first kappa shape index (κ1) is 16.8. The number of alkyl halides is 3. The van der Waals surface area contributed by atoms with Gasteiger partial charge in [-0.2, -0.15) is 13.2 Å². The Balaban J connectivity index is 0.00000182. The van der Waals surface area contributed by atoms with Gasteiger partial charge in [0, 0.05) is 0 Å². The summed E-state index contributed by atoms with van der Waals surface area (Å²) < 4.78 is 40.8. The fourth-order valence-electron chi connectivity index (χ4n) is 2.70. The lowest BCUT2D eigenvalue weighted by Gasteiger charge is -2.12. The number of nitrogens with zero attached hydrogens (tertiary/aromatic N) is 3. The van der Waals surface area contributed by atoms with Crippen molar-refractivity contribution in [2.45, 2.75) is 12.7 Å². The summed E-state index contributed by atoms with van der Waals surface area (Å²) in [7, 11) is 0.